The third-order valence-electron chi connectivity index (χ3n) is 6.08. The average molecular weight is 338 g/mol. The molecule has 2 N–H and O–H groups in total. The lowest BCUT2D eigenvalue weighted by Gasteiger charge is -2.44. The van der Waals surface area contributed by atoms with Crippen molar-refractivity contribution in [2.24, 2.45) is 0 Å². The molecule has 0 atom stereocenters. The van der Waals surface area contributed by atoms with Crippen LogP contribution in [0.2, 0.25) is 0 Å². The van der Waals surface area contributed by atoms with Gasteiger partial charge in [0.1, 0.15) is 5.54 Å². The predicted molar refractivity (Wildman–Crippen MR) is 97.3 cm³/mol. The molecule has 1 amide bonds. The summed E-state index contributed by atoms with van der Waals surface area (Å²) in [5, 5.41) is 11.0. The fourth-order valence-corrected chi connectivity index (χ4v) is 4.30. The first-order valence-electron chi connectivity index (χ1n) is 9.30. The van der Waals surface area contributed by atoms with E-state index in [1.54, 1.807) is 6.20 Å². The summed E-state index contributed by atoms with van der Waals surface area (Å²) in [6, 6.07) is 12.5. The van der Waals surface area contributed by atoms with Crippen molar-refractivity contribution in [3.05, 3.63) is 54.4 Å². The lowest BCUT2D eigenvalue weighted by Crippen LogP contribution is -2.57. The molecule has 2 heterocycles. The van der Waals surface area contributed by atoms with Crippen molar-refractivity contribution < 1.29 is 4.79 Å². The van der Waals surface area contributed by atoms with Gasteiger partial charge < -0.3 is 10.6 Å². The minimum Gasteiger partial charge on any atom is -0.353 e. The van der Waals surface area contributed by atoms with E-state index in [4.69, 9.17) is 0 Å². The average Bonchev–Trinajstić information content (AvgIpc) is 3.17. The van der Waals surface area contributed by atoms with Gasteiger partial charge in [0, 0.05) is 24.4 Å². The van der Waals surface area contributed by atoms with Gasteiger partial charge in [0.05, 0.1) is 0 Å². The topological polar surface area (TPSA) is 59.0 Å². The zero-order valence-electron chi connectivity index (χ0n) is 14.6. The number of hydrogen-bond acceptors (Lipinski definition) is 3. The first kappa shape index (κ1) is 16.3. The maximum Gasteiger partial charge on any atom is 0.248 e. The molecule has 1 saturated carbocycles. The van der Waals surface area contributed by atoms with Crippen LogP contribution in [0.15, 0.2) is 48.8 Å². The number of carbonyl (C=O) groups excluding carboxylic acids is 1. The zero-order valence-corrected chi connectivity index (χ0v) is 14.6. The number of aromatic nitrogens is 2. The number of nitrogens with one attached hydrogen (secondary N) is 2. The summed E-state index contributed by atoms with van der Waals surface area (Å²) in [4.78, 5) is 13.2. The van der Waals surface area contributed by atoms with E-state index in [-0.39, 0.29) is 11.3 Å². The molecule has 2 aliphatic rings. The molecule has 132 valence electrons. The first-order valence-corrected chi connectivity index (χ1v) is 9.30. The number of piperidine rings is 1. The monoisotopic (exact) mass is 338 g/mol. The third kappa shape index (κ3) is 2.86. The Morgan fingerprint density at radius 1 is 1.12 bits per heavy atom. The number of hydrogen-bond donors (Lipinski definition) is 2. The number of amides is 1. The summed E-state index contributed by atoms with van der Waals surface area (Å²) in [7, 11) is 0. The minimum absolute atomic E-state index is 0.106. The lowest BCUT2D eigenvalue weighted by atomic mass is 9.64. The van der Waals surface area contributed by atoms with Gasteiger partial charge in [0.25, 0.3) is 0 Å². The van der Waals surface area contributed by atoms with Crippen LogP contribution in [0.1, 0.15) is 37.7 Å². The Hall–Kier alpha value is -2.14. The van der Waals surface area contributed by atoms with E-state index in [1.807, 2.05) is 16.9 Å². The predicted octanol–water partition coefficient (Wildman–Crippen LogP) is 2.20. The van der Waals surface area contributed by atoms with Crippen molar-refractivity contribution in [3.63, 3.8) is 0 Å². The molecule has 5 nitrogen and oxygen atoms in total. The molecule has 0 radical (unpaired) electrons. The van der Waals surface area contributed by atoms with E-state index in [9.17, 15) is 4.79 Å². The van der Waals surface area contributed by atoms with Crippen molar-refractivity contribution in [1.29, 1.82) is 0 Å². The Morgan fingerprint density at radius 3 is 2.48 bits per heavy atom. The summed E-state index contributed by atoms with van der Waals surface area (Å²) in [5.74, 6) is 0.111. The van der Waals surface area contributed by atoms with Crippen LogP contribution in [0.3, 0.4) is 0 Å². The Balaban J connectivity index is 1.52. The molecule has 1 saturated heterocycles. The van der Waals surface area contributed by atoms with Crippen molar-refractivity contribution in [2.75, 3.05) is 19.6 Å². The van der Waals surface area contributed by atoms with Crippen molar-refractivity contribution >= 4 is 5.91 Å². The Bertz CT molecular complexity index is 701. The van der Waals surface area contributed by atoms with Crippen molar-refractivity contribution in [1.82, 2.24) is 20.4 Å². The maximum atomic E-state index is 13.2. The fraction of sp³-hybridized carbons (Fsp3) is 0.500. The van der Waals surface area contributed by atoms with Crippen LogP contribution < -0.4 is 10.6 Å². The van der Waals surface area contributed by atoms with Crippen LogP contribution in [0.4, 0.5) is 0 Å². The lowest BCUT2D eigenvalue weighted by molar-refractivity contribution is -0.132. The van der Waals surface area contributed by atoms with Gasteiger partial charge in [-0.1, -0.05) is 36.8 Å². The Morgan fingerprint density at radius 2 is 1.88 bits per heavy atom. The normalized spacial score (nSPS) is 21.3. The highest BCUT2D eigenvalue weighted by Gasteiger charge is 2.44. The van der Waals surface area contributed by atoms with Gasteiger partial charge in [-0.3, -0.25) is 9.48 Å². The smallest absolute Gasteiger partial charge is 0.248 e. The van der Waals surface area contributed by atoms with Gasteiger partial charge in [-0.2, -0.15) is 5.10 Å². The van der Waals surface area contributed by atoms with Crippen molar-refractivity contribution in [3.8, 4) is 0 Å². The number of carbonyl (C=O) groups is 1. The van der Waals surface area contributed by atoms with E-state index in [0.29, 0.717) is 6.54 Å². The molecule has 2 aromatic rings. The largest absolute Gasteiger partial charge is 0.353 e. The SMILES string of the molecule is O=C(NCC1(c2ccccc2)CCC1)C1(n2cccn2)CCNCC1. The second-order valence-corrected chi connectivity index (χ2v) is 7.41. The quantitative estimate of drug-likeness (QED) is 0.879. The van der Waals surface area contributed by atoms with E-state index in [0.717, 1.165) is 38.8 Å². The molecular formula is C20H26N4O. The fourth-order valence-electron chi connectivity index (χ4n) is 4.30. The zero-order chi connectivity index (χ0) is 17.2. The summed E-state index contributed by atoms with van der Waals surface area (Å²) < 4.78 is 1.86. The molecule has 1 aliphatic heterocycles. The first-order chi connectivity index (χ1) is 12.3. The van der Waals surface area contributed by atoms with E-state index in [2.05, 4.69) is 46.1 Å². The van der Waals surface area contributed by atoms with Gasteiger partial charge >= 0.3 is 0 Å². The third-order valence-corrected chi connectivity index (χ3v) is 6.08. The van der Waals surface area contributed by atoms with Crippen molar-refractivity contribution in [2.45, 2.75) is 43.1 Å². The van der Waals surface area contributed by atoms with Crippen LogP contribution in [-0.4, -0.2) is 35.3 Å². The van der Waals surface area contributed by atoms with Gasteiger partial charge in [0.2, 0.25) is 5.91 Å². The van der Waals surface area contributed by atoms with Crippen LogP contribution in [0.25, 0.3) is 0 Å². The number of rotatable bonds is 5. The van der Waals surface area contributed by atoms with Crippen LogP contribution >= 0.6 is 0 Å². The Kier molecular flexibility index (Phi) is 4.34. The second-order valence-electron chi connectivity index (χ2n) is 7.41. The molecule has 0 bridgehead atoms. The molecule has 1 aromatic carbocycles. The van der Waals surface area contributed by atoms with E-state index >= 15 is 0 Å². The molecule has 2 fully saturated rings. The number of benzene rings is 1. The summed E-state index contributed by atoms with van der Waals surface area (Å²) >= 11 is 0. The minimum atomic E-state index is -0.559. The molecular weight excluding hydrogens is 312 g/mol. The van der Waals surface area contributed by atoms with Gasteiger partial charge in [-0.25, -0.2) is 0 Å². The maximum absolute atomic E-state index is 13.2. The van der Waals surface area contributed by atoms with Gasteiger partial charge in [-0.05, 0) is 50.4 Å². The van der Waals surface area contributed by atoms with Crippen LogP contribution in [0.5, 0.6) is 0 Å². The number of nitrogens with zero attached hydrogens (tertiary/aromatic N) is 2. The highest BCUT2D eigenvalue weighted by molar-refractivity contribution is 5.84. The van der Waals surface area contributed by atoms with Crippen LogP contribution in [0, 0.1) is 0 Å². The highest BCUT2D eigenvalue weighted by atomic mass is 16.2. The molecule has 1 aliphatic carbocycles. The second kappa shape index (κ2) is 6.64. The summed E-state index contributed by atoms with van der Waals surface area (Å²) in [5.41, 5.74) is 0.894. The molecule has 4 rings (SSSR count). The van der Waals surface area contributed by atoms with E-state index < -0.39 is 5.54 Å². The summed E-state index contributed by atoms with van der Waals surface area (Å²) in [6.45, 7) is 2.40. The van der Waals surface area contributed by atoms with Gasteiger partial charge in [-0.15, -0.1) is 0 Å². The molecule has 0 unspecified atom stereocenters. The highest BCUT2D eigenvalue weighted by Crippen LogP contribution is 2.43. The molecule has 0 spiro atoms. The summed E-state index contributed by atoms with van der Waals surface area (Å²) in [6.07, 6.45) is 8.76. The van der Waals surface area contributed by atoms with E-state index in [1.165, 1.54) is 12.0 Å². The molecule has 25 heavy (non-hydrogen) atoms. The standard InChI is InChI=1S/C20H26N4O/c25-18(20(10-13-21-14-11-20)24-15-5-12-23-24)22-16-19(8-4-9-19)17-6-2-1-3-7-17/h1-3,5-7,12,15,21H,4,8-11,13-14,16H2,(H,22,25). The molecule has 1 aromatic heterocycles. The molecule has 5 heteroatoms. The van der Waals surface area contributed by atoms with Crippen LogP contribution in [-0.2, 0) is 15.7 Å². The van der Waals surface area contributed by atoms with Gasteiger partial charge in [0.15, 0.2) is 0 Å². The Labute approximate surface area is 148 Å².